The number of aromatic nitrogens is 2. The molecule has 98 valence electrons. The van der Waals surface area contributed by atoms with E-state index in [1.54, 1.807) is 4.68 Å². The van der Waals surface area contributed by atoms with Crippen molar-refractivity contribution >= 4 is 17.4 Å². The quantitative estimate of drug-likeness (QED) is 0.838. The maximum Gasteiger partial charge on any atom is 0.240 e. The van der Waals surface area contributed by atoms with Crippen molar-refractivity contribution in [1.82, 2.24) is 15.2 Å². The van der Waals surface area contributed by atoms with Crippen LogP contribution in [0.4, 0.5) is 11.5 Å². The minimum absolute atomic E-state index is 0.0570. The third kappa shape index (κ3) is 2.12. The minimum atomic E-state index is 0.0570. The Morgan fingerprint density at radius 3 is 2.58 bits per heavy atom. The van der Waals surface area contributed by atoms with Gasteiger partial charge in [0.1, 0.15) is 5.82 Å². The van der Waals surface area contributed by atoms with Crippen molar-refractivity contribution in [3.8, 4) is 11.3 Å². The fourth-order valence-corrected chi connectivity index (χ4v) is 2.10. The molecular weight excluding hydrogens is 242 g/mol. The van der Waals surface area contributed by atoms with Gasteiger partial charge >= 0.3 is 0 Å². The molecule has 1 aromatic carbocycles. The van der Waals surface area contributed by atoms with E-state index in [-0.39, 0.29) is 5.91 Å². The van der Waals surface area contributed by atoms with Crippen LogP contribution >= 0.6 is 0 Å². The second-order valence-corrected chi connectivity index (χ2v) is 4.56. The lowest BCUT2D eigenvalue weighted by Gasteiger charge is -2.17. The summed E-state index contributed by atoms with van der Waals surface area (Å²) < 4.78 is 1.64. The van der Waals surface area contributed by atoms with Crippen LogP contribution in [-0.4, -0.2) is 22.2 Å². The van der Waals surface area contributed by atoms with Crippen LogP contribution in [-0.2, 0) is 11.8 Å². The molecule has 1 aliphatic rings. The van der Waals surface area contributed by atoms with Crippen molar-refractivity contribution in [2.24, 2.45) is 7.05 Å². The number of nitrogen functional groups attached to an aromatic ring is 1. The van der Waals surface area contributed by atoms with E-state index >= 15 is 0 Å². The summed E-state index contributed by atoms with van der Waals surface area (Å²) in [6.07, 6.45) is 0.540. The number of hydrogen-bond acceptors (Lipinski definition) is 4. The summed E-state index contributed by atoms with van der Waals surface area (Å²) in [5, 5.41) is 6.17. The highest BCUT2D eigenvalue weighted by molar-refractivity contribution is 5.81. The second-order valence-electron chi connectivity index (χ2n) is 4.56. The third-order valence-electron chi connectivity index (χ3n) is 3.21. The van der Waals surface area contributed by atoms with Gasteiger partial charge in [-0.2, -0.15) is 5.10 Å². The van der Waals surface area contributed by atoms with Crippen LogP contribution in [0.3, 0.4) is 0 Å². The molecule has 0 atom stereocenters. The molecule has 1 aromatic heterocycles. The topological polar surface area (TPSA) is 76.2 Å². The molecular formula is C13H15N5O. The number of carbonyl (C=O) groups is 1. The lowest BCUT2D eigenvalue weighted by Crippen LogP contribution is -2.32. The lowest BCUT2D eigenvalue weighted by molar-refractivity contribution is -0.119. The monoisotopic (exact) mass is 257 g/mol. The molecule has 0 bridgehead atoms. The largest absolute Gasteiger partial charge is 0.384 e. The van der Waals surface area contributed by atoms with Crippen LogP contribution in [0.25, 0.3) is 11.3 Å². The molecule has 3 rings (SSSR count). The molecule has 1 aliphatic heterocycles. The van der Waals surface area contributed by atoms with Gasteiger partial charge < -0.3 is 5.73 Å². The van der Waals surface area contributed by atoms with Crippen LogP contribution < -0.4 is 16.2 Å². The molecule has 6 nitrogen and oxygen atoms in total. The first-order valence-corrected chi connectivity index (χ1v) is 6.10. The fourth-order valence-electron chi connectivity index (χ4n) is 2.10. The molecule has 2 heterocycles. The van der Waals surface area contributed by atoms with Gasteiger partial charge in [0, 0.05) is 31.6 Å². The number of anilines is 2. The van der Waals surface area contributed by atoms with Crippen LogP contribution in [0, 0.1) is 0 Å². The number of aryl methyl sites for hydroxylation is 1. The highest BCUT2D eigenvalue weighted by Crippen LogP contribution is 2.23. The molecule has 0 spiro atoms. The van der Waals surface area contributed by atoms with Crippen LogP contribution in [0.1, 0.15) is 6.42 Å². The van der Waals surface area contributed by atoms with Crippen molar-refractivity contribution in [3.63, 3.8) is 0 Å². The Morgan fingerprint density at radius 2 is 2.05 bits per heavy atom. The molecule has 2 aromatic rings. The Morgan fingerprint density at radius 1 is 1.32 bits per heavy atom. The summed E-state index contributed by atoms with van der Waals surface area (Å²) in [5.74, 6) is 0.687. The predicted molar refractivity (Wildman–Crippen MR) is 73.2 cm³/mol. The van der Waals surface area contributed by atoms with Gasteiger partial charge in [-0.1, -0.05) is 12.1 Å². The van der Waals surface area contributed by atoms with Gasteiger partial charge in [-0.3, -0.25) is 19.9 Å². The zero-order valence-electron chi connectivity index (χ0n) is 10.6. The normalized spacial score (nSPS) is 14.8. The van der Waals surface area contributed by atoms with Gasteiger partial charge in [0.2, 0.25) is 5.91 Å². The summed E-state index contributed by atoms with van der Waals surface area (Å²) in [7, 11) is 1.81. The maximum absolute atomic E-state index is 11.2. The van der Waals surface area contributed by atoms with Gasteiger partial charge in [-0.25, -0.2) is 0 Å². The van der Waals surface area contributed by atoms with Gasteiger partial charge in [-0.05, 0) is 12.1 Å². The van der Waals surface area contributed by atoms with Gasteiger partial charge in [-0.15, -0.1) is 0 Å². The van der Waals surface area contributed by atoms with E-state index in [1.807, 2.05) is 42.4 Å². The number of rotatable bonds is 2. The number of amides is 1. The van der Waals surface area contributed by atoms with E-state index in [0.717, 1.165) is 16.9 Å². The van der Waals surface area contributed by atoms with Gasteiger partial charge in [0.15, 0.2) is 0 Å². The number of hydrazine groups is 1. The van der Waals surface area contributed by atoms with E-state index < -0.39 is 0 Å². The number of carbonyl (C=O) groups excluding carboxylic acids is 1. The first kappa shape index (κ1) is 11.6. The van der Waals surface area contributed by atoms with E-state index in [4.69, 9.17) is 5.73 Å². The predicted octanol–water partition coefficient (Wildman–Crippen LogP) is 0.911. The summed E-state index contributed by atoms with van der Waals surface area (Å²) in [5.41, 5.74) is 11.4. The Kier molecular flexibility index (Phi) is 2.63. The highest BCUT2D eigenvalue weighted by Gasteiger charge is 2.18. The van der Waals surface area contributed by atoms with Crippen molar-refractivity contribution in [2.75, 3.05) is 17.3 Å². The van der Waals surface area contributed by atoms with Gasteiger partial charge in [0.05, 0.1) is 11.4 Å². The Balaban J connectivity index is 1.84. The van der Waals surface area contributed by atoms with E-state index in [9.17, 15) is 4.79 Å². The molecule has 0 radical (unpaired) electrons. The average Bonchev–Trinajstić information content (AvgIpc) is 2.97. The number of benzene rings is 1. The van der Waals surface area contributed by atoms with Crippen molar-refractivity contribution in [1.29, 1.82) is 0 Å². The van der Waals surface area contributed by atoms with E-state index in [0.29, 0.717) is 18.8 Å². The molecule has 1 fully saturated rings. The zero-order valence-corrected chi connectivity index (χ0v) is 10.6. The molecule has 3 N–H and O–H groups in total. The molecule has 1 saturated heterocycles. The number of nitrogens with two attached hydrogens (primary N) is 1. The maximum atomic E-state index is 11.2. The standard InChI is InChI=1S/C13H15N5O/c1-17-12(14)8-11(15-17)9-2-4-10(5-3-9)18-7-6-13(19)16-18/h2-5,8H,6-7,14H2,1H3,(H,16,19). The van der Waals surface area contributed by atoms with Gasteiger partial charge in [0.25, 0.3) is 0 Å². The van der Waals surface area contributed by atoms with Crippen LogP contribution in [0.5, 0.6) is 0 Å². The van der Waals surface area contributed by atoms with E-state index in [1.165, 1.54) is 0 Å². The first-order valence-electron chi connectivity index (χ1n) is 6.10. The van der Waals surface area contributed by atoms with E-state index in [2.05, 4.69) is 10.5 Å². The smallest absolute Gasteiger partial charge is 0.240 e. The molecule has 19 heavy (non-hydrogen) atoms. The molecule has 6 heteroatoms. The minimum Gasteiger partial charge on any atom is -0.384 e. The fraction of sp³-hybridized carbons (Fsp3) is 0.231. The zero-order chi connectivity index (χ0) is 13.4. The molecule has 0 unspecified atom stereocenters. The summed E-state index contributed by atoms with van der Waals surface area (Å²) >= 11 is 0. The highest BCUT2D eigenvalue weighted by atomic mass is 16.2. The second kappa shape index (κ2) is 4.31. The first-order chi connectivity index (χ1) is 9.13. The summed E-state index contributed by atoms with van der Waals surface area (Å²) in [6.45, 7) is 0.703. The van der Waals surface area contributed by atoms with Crippen molar-refractivity contribution < 1.29 is 4.79 Å². The molecule has 0 saturated carbocycles. The van der Waals surface area contributed by atoms with Crippen LogP contribution in [0.15, 0.2) is 30.3 Å². The van der Waals surface area contributed by atoms with Crippen molar-refractivity contribution in [2.45, 2.75) is 6.42 Å². The number of hydrogen-bond donors (Lipinski definition) is 2. The summed E-state index contributed by atoms with van der Waals surface area (Å²) in [6, 6.07) is 9.72. The molecule has 1 amide bonds. The summed E-state index contributed by atoms with van der Waals surface area (Å²) in [4.78, 5) is 11.2. The lowest BCUT2D eigenvalue weighted by atomic mass is 10.1. The SMILES string of the molecule is Cn1nc(-c2ccc(N3CCC(=O)N3)cc2)cc1N. The Hall–Kier alpha value is -2.50. The number of nitrogens with one attached hydrogen (secondary N) is 1. The third-order valence-corrected chi connectivity index (χ3v) is 3.21. The molecule has 0 aliphatic carbocycles. The average molecular weight is 257 g/mol. The van der Waals surface area contributed by atoms with Crippen molar-refractivity contribution in [3.05, 3.63) is 30.3 Å². The number of nitrogens with zero attached hydrogens (tertiary/aromatic N) is 3. The Bertz CT molecular complexity index is 597. The Labute approximate surface area is 110 Å². The van der Waals surface area contributed by atoms with Crippen LogP contribution in [0.2, 0.25) is 0 Å².